The maximum absolute atomic E-state index is 13.2. The van der Waals surface area contributed by atoms with Crippen LogP contribution < -0.4 is 4.74 Å². The van der Waals surface area contributed by atoms with Crippen LogP contribution in [0.25, 0.3) is 12.2 Å². The van der Waals surface area contributed by atoms with Gasteiger partial charge in [0, 0.05) is 23.0 Å². The van der Waals surface area contributed by atoms with Gasteiger partial charge in [0.15, 0.2) is 11.6 Å². The third-order valence-electron chi connectivity index (χ3n) is 9.84. The number of aromatic carboxylic acids is 3. The van der Waals surface area contributed by atoms with Crippen LogP contribution in [0.15, 0.2) is 170 Å². The third-order valence-corrected chi connectivity index (χ3v) is 9.84. The first-order valence-corrected chi connectivity index (χ1v) is 18.7. The van der Waals surface area contributed by atoms with E-state index in [1.54, 1.807) is 84.9 Å². The van der Waals surface area contributed by atoms with Crippen molar-refractivity contribution in [1.29, 1.82) is 0 Å². The number of ketones is 2. The van der Waals surface area contributed by atoms with Crippen molar-refractivity contribution in [3.63, 3.8) is 0 Å². The van der Waals surface area contributed by atoms with Crippen LogP contribution in [0.3, 0.4) is 0 Å². The number of benzene rings is 6. The van der Waals surface area contributed by atoms with E-state index in [2.05, 4.69) is 6.58 Å². The van der Waals surface area contributed by atoms with Crippen molar-refractivity contribution in [1.82, 2.24) is 0 Å². The van der Waals surface area contributed by atoms with Crippen molar-refractivity contribution in [3.8, 4) is 5.75 Å². The predicted molar refractivity (Wildman–Crippen MR) is 228 cm³/mol. The number of hydrogen-bond acceptors (Lipinski definition) is 7. The van der Waals surface area contributed by atoms with Crippen LogP contribution in [-0.2, 0) is 4.79 Å². The second kappa shape index (κ2) is 21.0. The van der Waals surface area contributed by atoms with Crippen molar-refractivity contribution in [3.05, 3.63) is 220 Å². The number of carboxylic acids is 3. The summed E-state index contributed by atoms with van der Waals surface area (Å²) in [5, 5.41) is 26.4. The highest BCUT2D eigenvalue weighted by Gasteiger charge is 2.46. The molecule has 1 saturated carbocycles. The Bertz CT molecular complexity index is 2450. The average Bonchev–Trinajstić information content (AvgIpc) is 3.27. The highest BCUT2D eigenvalue weighted by Crippen LogP contribution is 2.54. The fraction of sp³-hybridized carbons (Fsp3) is 0.0800. The minimum Gasteiger partial charge on any atom is -0.478 e. The molecule has 0 spiro atoms. The summed E-state index contributed by atoms with van der Waals surface area (Å²) in [6, 6.07) is 45.2. The van der Waals surface area contributed by atoms with Gasteiger partial charge in [0.05, 0.1) is 16.7 Å². The molecule has 1 fully saturated rings. The Morgan fingerprint density at radius 1 is 0.533 bits per heavy atom. The Labute approximate surface area is 346 Å². The number of ether oxygens (including phenoxy) is 1. The SMILES string of the molecule is C=Cc1ccc(C(=O)O)cc1.O=C(O)c1ccc(/C=C/C(=O)c2ccccc2)cc1.O=COc1ccc([C@@H]2[C@@H](C(=O)c3ccccc3)C[C@@H]2c2ccc(C(=O)O)cc2)cc1. The third kappa shape index (κ3) is 11.5. The van der Waals surface area contributed by atoms with Crippen LogP contribution in [-0.4, -0.2) is 51.3 Å². The number of allylic oxidation sites excluding steroid dienone is 1. The van der Waals surface area contributed by atoms with Gasteiger partial charge in [0.25, 0.3) is 6.47 Å². The molecular weight excluding hydrogens is 761 g/mol. The molecule has 1 aliphatic rings. The summed E-state index contributed by atoms with van der Waals surface area (Å²) in [5.41, 5.74) is 5.79. The molecule has 0 radical (unpaired) electrons. The van der Waals surface area contributed by atoms with E-state index in [0.717, 1.165) is 22.3 Å². The summed E-state index contributed by atoms with van der Waals surface area (Å²) in [5.74, 6) is -2.47. The Hall–Kier alpha value is -7.98. The molecule has 3 atom stereocenters. The normalized spacial score (nSPS) is 15.0. The van der Waals surface area contributed by atoms with Crippen LogP contribution in [0, 0.1) is 5.92 Å². The number of rotatable bonds is 13. The van der Waals surface area contributed by atoms with Crippen molar-refractivity contribution in [2.45, 2.75) is 18.3 Å². The van der Waals surface area contributed by atoms with Crippen LogP contribution in [0.2, 0.25) is 0 Å². The lowest BCUT2D eigenvalue weighted by atomic mass is 9.57. The fourth-order valence-corrected chi connectivity index (χ4v) is 6.61. The van der Waals surface area contributed by atoms with E-state index in [-0.39, 0.29) is 40.4 Å². The summed E-state index contributed by atoms with van der Waals surface area (Å²) in [6.45, 7) is 3.94. The van der Waals surface area contributed by atoms with Crippen molar-refractivity contribution < 1.29 is 48.8 Å². The molecule has 0 bridgehead atoms. The predicted octanol–water partition coefficient (Wildman–Crippen LogP) is 10.00. The van der Waals surface area contributed by atoms with Gasteiger partial charge in [0.1, 0.15) is 5.75 Å². The van der Waals surface area contributed by atoms with Crippen molar-refractivity contribution >= 4 is 48.1 Å². The zero-order valence-corrected chi connectivity index (χ0v) is 32.2. The molecule has 0 aromatic heterocycles. The lowest BCUT2D eigenvalue weighted by Crippen LogP contribution is -2.38. The number of hydrogen-bond donors (Lipinski definition) is 3. The van der Waals surface area contributed by atoms with E-state index in [1.807, 2.05) is 72.8 Å². The van der Waals surface area contributed by atoms with E-state index < -0.39 is 17.9 Å². The molecule has 0 aliphatic heterocycles. The Kier molecular flexibility index (Phi) is 15.1. The van der Waals surface area contributed by atoms with Gasteiger partial charge in [-0.3, -0.25) is 14.4 Å². The smallest absolute Gasteiger partial charge is 0.335 e. The number of Topliss-reactive ketones (excluding diaryl/α,β-unsaturated/α-hetero) is 1. The van der Waals surface area contributed by atoms with E-state index in [9.17, 15) is 28.8 Å². The van der Waals surface area contributed by atoms with Gasteiger partial charge in [-0.05, 0) is 89.2 Å². The van der Waals surface area contributed by atoms with Crippen molar-refractivity contribution in [2.75, 3.05) is 0 Å². The van der Waals surface area contributed by atoms with Gasteiger partial charge in [-0.1, -0.05) is 128 Å². The molecule has 6 aromatic rings. The average molecular weight is 801 g/mol. The first-order valence-electron chi connectivity index (χ1n) is 18.7. The van der Waals surface area contributed by atoms with Gasteiger partial charge in [0.2, 0.25) is 0 Å². The second-order valence-corrected chi connectivity index (χ2v) is 13.5. The fourth-order valence-electron chi connectivity index (χ4n) is 6.61. The molecule has 10 heteroatoms. The van der Waals surface area contributed by atoms with Gasteiger partial charge >= 0.3 is 17.9 Å². The standard InChI is InChI=1S/C25H20O5.C16H12O3.C9H8O2/c26-15-30-20-12-10-17(11-13-20)23-21(16-6-8-19(9-7-16)25(28)29)14-22(23)24(27)18-4-2-1-3-5-18;17-15(13-4-2-1-3-5-13)11-8-12-6-9-14(10-7-12)16(18)19;1-2-7-3-5-8(6-4-7)9(10)11/h1-13,15,21-23H,14H2,(H,28,29);1-11H,(H,18,19);2-6H,1H2,(H,10,11)/b;11-8+;/t21-,22+,23+;;/m1../s1. The first-order chi connectivity index (χ1) is 29.0. The number of carbonyl (C=O) groups is 6. The highest BCUT2D eigenvalue weighted by molar-refractivity contribution is 6.06. The minimum atomic E-state index is -0.963. The maximum atomic E-state index is 13.2. The topological polar surface area (TPSA) is 172 Å². The molecule has 0 saturated heterocycles. The van der Waals surface area contributed by atoms with E-state index in [4.69, 9.17) is 20.1 Å². The molecule has 7 rings (SSSR count). The lowest BCUT2D eigenvalue weighted by molar-refractivity contribution is -0.120. The van der Waals surface area contributed by atoms with E-state index >= 15 is 0 Å². The van der Waals surface area contributed by atoms with Crippen LogP contribution in [0.5, 0.6) is 5.75 Å². The number of carbonyl (C=O) groups excluding carboxylic acids is 3. The summed E-state index contributed by atoms with van der Waals surface area (Å²) < 4.78 is 4.88. The first kappa shape index (κ1) is 43.1. The van der Waals surface area contributed by atoms with Crippen LogP contribution >= 0.6 is 0 Å². The van der Waals surface area contributed by atoms with E-state index in [0.29, 0.717) is 35.3 Å². The molecule has 6 aromatic carbocycles. The zero-order valence-electron chi connectivity index (χ0n) is 32.2. The second-order valence-electron chi connectivity index (χ2n) is 13.5. The van der Waals surface area contributed by atoms with Gasteiger partial charge in [-0.2, -0.15) is 0 Å². The lowest BCUT2D eigenvalue weighted by Gasteiger charge is -2.45. The Balaban J connectivity index is 0.000000193. The molecular formula is C50H40O10. The summed E-state index contributed by atoms with van der Waals surface area (Å²) in [4.78, 5) is 67.7. The summed E-state index contributed by atoms with van der Waals surface area (Å²) >= 11 is 0. The maximum Gasteiger partial charge on any atom is 0.335 e. The zero-order chi connectivity index (χ0) is 43.0. The van der Waals surface area contributed by atoms with Gasteiger partial charge in [-0.25, -0.2) is 14.4 Å². The van der Waals surface area contributed by atoms with Crippen molar-refractivity contribution in [2.24, 2.45) is 5.92 Å². The Morgan fingerprint density at radius 2 is 0.983 bits per heavy atom. The number of carboxylic acid groups (broad SMARTS) is 3. The molecule has 0 heterocycles. The molecule has 3 N–H and O–H groups in total. The van der Waals surface area contributed by atoms with Gasteiger partial charge < -0.3 is 20.1 Å². The molecule has 60 heavy (non-hydrogen) atoms. The summed E-state index contributed by atoms with van der Waals surface area (Å²) in [6.07, 6.45) is 5.51. The molecule has 300 valence electrons. The highest BCUT2D eigenvalue weighted by atomic mass is 16.5. The van der Waals surface area contributed by atoms with Crippen LogP contribution in [0.4, 0.5) is 0 Å². The minimum absolute atomic E-state index is 0.0429. The summed E-state index contributed by atoms with van der Waals surface area (Å²) in [7, 11) is 0. The largest absolute Gasteiger partial charge is 0.478 e. The van der Waals surface area contributed by atoms with Crippen LogP contribution in [0.1, 0.15) is 92.3 Å². The molecule has 10 nitrogen and oxygen atoms in total. The van der Waals surface area contributed by atoms with Gasteiger partial charge in [-0.15, -0.1) is 0 Å². The Morgan fingerprint density at radius 3 is 1.45 bits per heavy atom. The molecule has 0 amide bonds. The monoisotopic (exact) mass is 800 g/mol. The van der Waals surface area contributed by atoms with E-state index in [1.165, 1.54) is 18.2 Å². The molecule has 1 aliphatic carbocycles. The molecule has 0 unspecified atom stereocenters. The quantitative estimate of drug-likeness (QED) is 0.0580.